The van der Waals surface area contributed by atoms with E-state index in [1.807, 2.05) is 126 Å². The number of likely N-dealkylation sites (tertiary alicyclic amines) is 1. The Kier molecular flexibility index (Phi) is 29.1. The van der Waals surface area contributed by atoms with Gasteiger partial charge in [-0.3, -0.25) is 4.90 Å². The fourth-order valence-electron chi connectivity index (χ4n) is 14.5. The van der Waals surface area contributed by atoms with Crippen molar-refractivity contribution in [2.24, 2.45) is 11.3 Å². The van der Waals surface area contributed by atoms with Gasteiger partial charge < -0.3 is 73.6 Å². The monoisotopic (exact) mass is 1480 g/mol. The minimum Gasteiger partial charge on any atom is -0.491 e. The highest BCUT2D eigenvalue weighted by atomic mass is 16.5. The number of hydrogen-bond acceptors (Lipinski definition) is 25. The summed E-state index contributed by atoms with van der Waals surface area (Å²) in [6.45, 7) is 27.8. The fraction of sp³-hybridized carbons (Fsp3) is 0.512. The number of ether oxygens (including phenoxy) is 4. The zero-order valence-corrected chi connectivity index (χ0v) is 65.5. The summed E-state index contributed by atoms with van der Waals surface area (Å²) in [6, 6.07) is 27.6. The molecule has 0 radical (unpaired) electrons. The van der Waals surface area contributed by atoms with Crippen LogP contribution >= 0.6 is 0 Å². The van der Waals surface area contributed by atoms with Gasteiger partial charge in [-0.15, -0.1) is 0 Å². The molecule has 3 fully saturated rings. The summed E-state index contributed by atoms with van der Waals surface area (Å²) in [5, 5.41) is 51.3. The van der Waals surface area contributed by atoms with Crippen molar-refractivity contribution < 1.29 is 52.6 Å². The third kappa shape index (κ3) is 21.6. The molecule has 6 N–H and O–H groups in total. The third-order valence-corrected chi connectivity index (χ3v) is 20.3. The number of anilines is 1. The van der Waals surface area contributed by atoms with E-state index in [-0.39, 0.29) is 31.3 Å². The van der Waals surface area contributed by atoms with Crippen molar-refractivity contribution in [2.45, 2.75) is 158 Å². The van der Waals surface area contributed by atoms with E-state index >= 15 is 0 Å². The van der Waals surface area contributed by atoms with Crippen LogP contribution in [0.2, 0.25) is 0 Å². The highest BCUT2D eigenvalue weighted by Crippen LogP contribution is 2.42. The molecule has 6 aromatic heterocycles. The lowest BCUT2D eigenvalue weighted by atomic mass is 9.72. The molecule has 2 saturated heterocycles. The number of amides is 1. The number of rotatable bonds is 28. The van der Waals surface area contributed by atoms with Gasteiger partial charge in [0.05, 0.1) is 58.0 Å². The Morgan fingerprint density at radius 2 is 1.06 bits per heavy atom. The van der Waals surface area contributed by atoms with Crippen molar-refractivity contribution in [3.8, 4) is 85.2 Å². The summed E-state index contributed by atoms with van der Waals surface area (Å²) in [6.07, 6.45) is 8.92. The Morgan fingerprint density at radius 3 is 1.52 bits per heavy atom. The number of aliphatic hydroxyl groups is 3. The van der Waals surface area contributed by atoms with Crippen LogP contribution in [0.4, 0.5) is 10.6 Å². The number of hydrogen-bond donors (Lipinski definition) is 6. The maximum Gasteiger partial charge on any atom is 0.409 e. The molecule has 0 spiro atoms. The number of aromatic nitrogens is 9. The lowest BCUT2D eigenvalue weighted by Crippen LogP contribution is -2.52. The summed E-state index contributed by atoms with van der Waals surface area (Å²) in [5.74, 6) is 7.35. The number of benzene rings is 3. The number of aryl methyl sites for hydroxylation is 6. The first kappa shape index (κ1) is 81.2. The Labute approximate surface area is 635 Å². The largest absolute Gasteiger partial charge is 0.491 e. The number of carbonyl (C=O) groups excluding carboxylic acids is 1. The molecule has 26 nitrogen and oxygen atoms in total. The van der Waals surface area contributed by atoms with Crippen molar-refractivity contribution in [2.75, 3.05) is 112 Å². The number of nitrogens with zero attached hydrogens (tertiary/aromatic N) is 12. The maximum atomic E-state index is 11.9. The SMILES string of the molecule is CCCN1CCN(c2cc(-c3c(C)noc3C)nc(-c3cccc(OCC(O)CNC)c3)n2)C[C@@H]1C.CNCC(O)COc1cccc(-c2nc(CC3(C)CCCCC3)c(C)c(-c3c(C)noc3C)n2)c1.CNCC(O)COc1cccc(-c2nc(CC3CCN(C(=O)OC)CC3)cc(-c3c(C)noc3C)n2)c1. The van der Waals surface area contributed by atoms with Gasteiger partial charge in [0.15, 0.2) is 17.5 Å². The summed E-state index contributed by atoms with van der Waals surface area (Å²) in [5.41, 5.74) is 13.5. The number of methoxy groups -OCH3 is 1. The van der Waals surface area contributed by atoms with Gasteiger partial charge in [-0.1, -0.05) is 85.0 Å². The summed E-state index contributed by atoms with van der Waals surface area (Å²) >= 11 is 0. The van der Waals surface area contributed by atoms with E-state index in [2.05, 4.69) is 68.9 Å². The number of aliphatic hydroxyl groups excluding tert-OH is 3. The van der Waals surface area contributed by atoms with Crippen LogP contribution in [0.1, 0.15) is 123 Å². The second kappa shape index (κ2) is 38.7. The number of carbonyl (C=O) groups is 1. The van der Waals surface area contributed by atoms with Crippen LogP contribution in [-0.4, -0.2) is 208 Å². The molecule has 580 valence electrons. The van der Waals surface area contributed by atoms with Gasteiger partial charge in [0.1, 0.15) is 78.5 Å². The lowest BCUT2D eigenvalue weighted by Gasteiger charge is -2.40. The first-order valence-corrected chi connectivity index (χ1v) is 38.0. The normalized spacial score (nSPS) is 16.2. The molecular formula is C82H111N15O11. The highest BCUT2D eigenvalue weighted by Gasteiger charge is 2.32. The van der Waals surface area contributed by atoms with Crippen LogP contribution in [0.3, 0.4) is 0 Å². The topological polar surface area (TPSA) is 316 Å². The molecule has 3 aromatic carbocycles. The molecular weight excluding hydrogens is 1370 g/mol. The second-order valence-electron chi connectivity index (χ2n) is 29.2. The van der Waals surface area contributed by atoms with Crippen LogP contribution in [0.15, 0.2) is 98.5 Å². The Bertz CT molecular complexity index is 4320. The Hall–Kier alpha value is -9.28. The van der Waals surface area contributed by atoms with Crippen molar-refractivity contribution in [1.29, 1.82) is 0 Å². The average Bonchev–Trinajstić information content (AvgIpc) is 1.41. The van der Waals surface area contributed by atoms with Crippen LogP contribution in [0.5, 0.6) is 17.2 Å². The first-order valence-electron chi connectivity index (χ1n) is 38.0. The fourth-order valence-corrected chi connectivity index (χ4v) is 14.5. The predicted molar refractivity (Wildman–Crippen MR) is 417 cm³/mol. The third-order valence-electron chi connectivity index (χ3n) is 20.3. The van der Waals surface area contributed by atoms with E-state index in [0.29, 0.717) is 85.2 Å². The Morgan fingerprint density at radius 1 is 0.593 bits per heavy atom. The molecule has 0 bridgehead atoms. The number of piperazine rings is 1. The van der Waals surface area contributed by atoms with Gasteiger partial charge in [0, 0.05) is 92.5 Å². The molecule has 3 aliphatic rings. The number of piperidine rings is 1. The molecule has 26 heteroatoms. The van der Waals surface area contributed by atoms with E-state index in [1.165, 1.54) is 39.2 Å². The highest BCUT2D eigenvalue weighted by molar-refractivity contribution is 5.73. The van der Waals surface area contributed by atoms with Crippen LogP contribution in [0, 0.1) is 59.8 Å². The van der Waals surface area contributed by atoms with E-state index in [9.17, 15) is 20.1 Å². The first-order chi connectivity index (χ1) is 52.1. The van der Waals surface area contributed by atoms with E-state index in [0.717, 1.165) is 160 Å². The van der Waals surface area contributed by atoms with Gasteiger partial charge in [0.2, 0.25) is 0 Å². The van der Waals surface area contributed by atoms with Crippen molar-refractivity contribution in [3.05, 3.63) is 136 Å². The zero-order chi connectivity index (χ0) is 77.0. The Balaban J connectivity index is 0.000000173. The average molecular weight is 1480 g/mol. The molecule has 2 aliphatic heterocycles. The molecule has 12 rings (SSSR count). The zero-order valence-electron chi connectivity index (χ0n) is 65.5. The standard InChI is InChI=1S/C28H38N4O3.C27H38N6O3.C27H35N5O5/c1-18-24(15-28(4)12-7-6-8-13-28)30-27(31-26(18)25-19(2)32-35-20(25)3)21-10-9-11-23(14-21)34-17-22(33)16-29-5;1-6-10-32-11-12-33(16-18(32)2)25-14-24(26-19(3)31-36-20(26)4)29-27(30-25)21-8-7-9-23(13-21)35-17-22(34)15-28-5;1-17-25(18(2)37-31-17)24-14-21(12-19-8-10-32(11-9-19)27(34)35-4)29-26(30-24)20-6-5-7-23(13-20)36-16-22(33)15-28-3/h9-11,14,22,29,33H,6-8,12-13,15-17H2,1-5H3;7-9,13-14,18,22,28,34H,6,10-12,15-17H2,1-5H3;5-7,13-14,19,22,28,33H,8-12,15-16H2,1-4H3/t;18-,22?;/m.0./s1. The number of likely N-dealkylation sites (N-methyl/N-ethyl adjacent to an activating group) is 3. The molecule has 9 aromatic rings. The van der Waals surface area contributed by atoms with Crippen LogP contribution in [-0.2, 0) is 17.6 Å². The van der Waals surface area contributed by atoms with Crippen LogP contribution in [0.25, 0.3) is 67.9 Å². The molecule has 4 atom stereocenters. The van der Waals surface area contributed by atoms with Gasteiger partial charge in [-0.2, -0.15) is 0 Å². The van der Waals surface area contributed by atoms with Crippen molar-refractivity contribution in [1.82, 2.24) is 71.1 Å². The molecule has 1 aliphatic carbocycles. The van der Waals surface area contributed by atoms with Gasteiger partial charge in [0.25, 0.3) is 0 Å². The molecule has 8 heterocycles. The molecule has 1 saturated carbocycles. The van der Waals surface area contributed by atoms with E-state index < -0.39 is 18.3 Å². The summed E-state index contributed by atoms with van der Waals surface area (Å²) < 4.78 is 38.7. The molecule has 3 unspecified atom stereocenters. The smallest absolute Gasteiger partial charge is 0.409 e. The molecule has 108 heavy (non-hydrogen) atoms. The quantitative estimate of drug-likeness (QED) is 0.0265. The minimum absolute atomic E-state index is 0.180. The second-order valence-corrected chi connectivity index (χ2v) is 29.2. The summed E-state index contributed by atoms with van der Waals surface area (Å²) in [7, 11) is 6.81. The van der Waals surface area contributed by atoms with Crippen molar-refractivity contribution in [3.63, 3.8) is 0 Å². The van der Waals surface area contributed by atoms with Crippen LogP contribution < -0.4 is 35.1 Å². The van der Waals surface area contributed by atoms with E-state index in [1.54, 1.807) is 26.0 Å². The summed E-state index contributed by atoms with van der Waals surface area (Å²) in [4.78, 5) is 48.3. The van der Waals surface area contributed by atoms with Crippen molar-refractivity contribution >= 4 is 11.9 Å². The van der Waals surface area contributed by atoms with Gasteiger partial charge >= 0.3 is 6.09 Å². The maximum absolute atomic E-state index is 11.9. The minimum atomic E-state index is -0.607. The van der Waals surface area contributed by atoms with E-state index in [4.69, 9.17) is 62.4 Å². The lowest BCUT2D eigenvalue weighted by molar-refractivity contribution is 0.106. The van der Waals surface area contributed by atoms with Gasteiger partial charge in [-0.05, 0) is 187 Å². The predicted octanol–water partition coefficient (Wildman–Crippen LogP) is 11.9. The number of nitrogens with one attached hydrogen (secondary N) is 3. The van der Waals surface area contributed by atoms with Gasteiger partial charge in [-0.25, -0.2) is 34.7 Å². The molecule has 1 amide bonds.